The minimum absolute atomic E-state index is 0.834. The van der Waals surface area contributed by atoms with Gasteiger partial charge in [-0.25, -0.2) is 0 Å². The Bertz CT molecular complexity index is 3250. The topological polar surface area (TPSA) is 18.1 Å². The van der Waals surface area contributed by atoms with E-state index in [0.717, 1.165) is 34.0 Å². The van der Waals surface area contributed by atoms with E-state index >= 15 is 0 Å². The Morgan fingerprint density at radius 1 is 0.396 bits per heavy atom. The second-order valence-electron chi connectivity index (χ2n) is 14.1. The van der Waals surface area contributed by atoms with Crippen molar-refractivity contribution in [2.24, 2.45) is 0 Å². The number of aromatic nitrogens is 1. The van der Waals surface area contributed by atoms with Crippen molar-refractivity contribution in [3.63, 3.8) is 0 Å². The van der Waals surface area contributed by atoms with Gasteiger partial charge in [0.05, 0.1) is 11.0 Å². The number of furan rings is 1. The molecule has 0 N–H and O–H groups in total. The molecule has 248 valence electrons. The Hall–Kier alpha value is -6.90. The van der Waals surface area contributed by atoms with E-state index in [1.54, 1.807) is 0 Å². The molecular weight excluding hydrogens is 643 g/mol. The molecule has 53 heavy (non-hydrogen) atoms. The lowest BCUT2D eigenvalue weighted by atomic mass is 9.92. The molecule has 0 aliphatic rings. The molecule has 0 aliphatic carbocycles. The zero-order valence-electron chi connectivity index (χ0n) is 29.0. The van der Waals surface area contributed by atoms with Crippen molar-refractivity contribution in [1.82, 2.24) is 4.57 Å². The van der Waals surface area contributed by atoms with Gasteiger partial charge in [0.2, 0.25) is 0 Å². The average molecular weight is 676 g/mol. The molecule has 0 saturated carbocycles. The summed E-state index contributed by atoms with van der Waals surface area (Å²) < 4.78 is 8.60. The van der Waals surface area contributed by atoms with E-state index in [4.69, 9.17) is 4.42 Å². The zero-order chi connectivity index (χ0) is 35.0. The molecule has 0 atom stereocenters. The Morgan fingerprint density at radius 3 is 1.74 bits per heavy atom. The van der Waals surface area contributed by atoms with Gasteiger partial charge in [-0.2, -0.15) is 0 Å². The highest BCUT2D eigenvalue weighted by molar-refractivity contribution is 6.25. The van der Waals surface area contributed by atoms with Gasteiger partial charge < -0.3 is 8.98 Å². The summed E-state index contributed by atoms with van der Waals surface area (Å²) in [7, 11) is 0. The Kier molecular flexibility index (Phi) is 6.50. The summed E-state index contributed by atoms with van der Waals surface area (Å²) in [5.41, 5.74) is 11.3. The van der Waals surface area contributed by atoms with E-state index in [1.165, 1.54) is 81.9 Å². The van der Waals surface area contributed by atoms with Crippen LogP contribution in [0.3, 0.4) is 0 Å². The Morgan fingerprint density at radius 2 is 0.981 bits per heavy atom. The first-order valence-corrected chi connectivity index (χ1v) is 18.3. The number of allylic oxidation sites excluding steroid dienone is 1. The highest BCUT2D eigenvalue weighted by atomic mass is 16.3. The maximum atomic E-state index is 6.16. The summed E-state index contributed by atoms with van der Waals surface area (Å²) in [6.45, 7) is 4.01. The first kappa shape index (κ1) is 29.8. The summed E-state index contributed by atoms with van der Waals surface area (Å²) in [5, 5.41) is 12.5. The normalized spacial score (nSPS) is 11.9. The van der Waals surface area contributed by atoms with Crippen molar-refractivity contribution in [3.05, 3.63) is 188 Å². The fourth-order valence-electron chi connectivity index (χ4n) is 8.64. The van der Waals surface area contributed by atoms with Gasteiger partial charge in [-0.15, -0.1) is 6.58 Å². The number of nitrogens with zero attached hydrogens (tertiary/aromatic N) is 1. The van der Waals surface area contributed by atoms with E-state index in [0.29, 0.717) is 0 Å². The molecule has 9 aromatic carbocycles. The van der Waals surface area contributed by atoms with Crippen molar-refractivity contribution in [2.75, 3.05) is 0 Å². The van der Waals surface area contributed by atoms with Crippen LogP contribution in [0.1, 0.15) is 5.56 Å². The highest BCUT2D eigenvalue weighted by Crippen LogP contribution is 2.40. The highest BCUT2D eigenvalue weighted by Gasteiger charge is 2.16. The van der Waals surface area contributed by atoms with Gasteiger partial charge in [-0.1, -0.05) is 121 Å². The third kappa shape index (κ3) is 4.59. The standard InChI is InChI=1S/C51H33NO/c1-2-10-32-19-25-48-46(27-32)43-24-21-36(35-22-26-51-47(30-35)44-17-7-8-18-50(44)53-51)31-49(43)52(48)37-12-9-11-33(28-37)34-20-23-42-40-15-4-3-13-38(40)39-14-5-6-16-41(39)45(42)29-34/h2-9,11-31H,1,10H2. The molecule has 2 heteroatoms. The van der Waals surface area contributed by atoms with Gasteiger partial charge in [-0.05, 0) is 121 Å². The van der Waals surface area contributed by atoms with Crippen LogP contribution in [-0.2, 0) is 6.42 Å². The van der Waals surface area contributed by atoms with Crippen LogP contribution in [0.25, 0.3) is 104 Å². The predicted molar refractivity (Wildman–Crippen MR) is 225 cm³/mol. The number of benzene rings is 9. The van der Waals surface area contributed by atoms with Gasteiger partial charge in [0.25, 0.3) is 0 Å². The Labute approximate surface area is 306 Å². The largest absolute Gasteiger partial charge is 0.456 e. The average Bonchev–Trinajstić information content (AvgIpc) is 3.75. The minimum atomic E-state index is 0.834. The van der Waals surface area contributed by atoms with Crippen molar-refractivity contribution in [1.29, 1.82) is 0 Å². The smallest absolute Gasteiger partial charge is 0.135 e. The molecule has 0 fully saturated rings. The molecule has 0 radical (unpaired) electrons. The monoisotopic (exact) mass is 675 g/mol. The van der Waals surface area contributed by atoms with Crippen molar-refractivity contribution < 1.29 is 4.42 Å². The summed E-state index contributed by atoms with van der Waals surface area (Å²) in [6.07, 6.45) is 2.81. The molecule has 0 saturated heterocycles. The van der Waals surface area contributed by atoms with Gasteiger partial charge in [-0.3, -0.25) is 0 Å². The van der Waals surface area contributed by atoms with E-state index in [1.807, 2.05) is 18.2 Å². The van der Waals surface area contributed by atoms with Crippen LogP contribution in [0.4, 0.5) is 0 Å². The van der Waals surface area contributed by atoms with Crippen LogP contribution in [0.15, 0.2) is 187 Å². The second-order valence-corrected chi connectivity index (χ2v) is 14.1. The van der Waals surface area contributed by atoms with Crippen molar-refractivity contribution in [3.8, 4) is 27.9 Å². The summed E-state index contributed by atoms with van der Waals surface area (Å²) in [4.78, 5) is 0. The maximum absolute atomic E-state index is 6.16. The number of rotatable bonds is 5. The fourth-order valence-corrected chi connectivity index (χ4v) is 8.64. The van der Waals surface area contributed by atoms with Gasteiger partial charge >= 0.3 is 0 Å². The van der Waals surface area contributed by atoms with Gasteiger partial charge in [0.15, 0.2) is 0 Å². The van der Waals surface area contributed by atoms with Crippen LogP contribution >= 0.6 is 0 Å². The number of hydrogen-bond acceptors (Lipinski definition) is 1. The summed E-state index contributed by atoms with van der Waals surface area (Å²) in [6, 6.07) is 62.1. The number of hydrogen-bond donors (Lipinski definition) is 0. The van der Waals surface area contributed by atoms with Crippen molar-refractivity contribution >= 4 is 76.1 Å². The first-order valence-electron chi connectivity index (χ1n) is 18.3. The fraction of sp³-hybridized carbons (Fsp3) is 0.0196. The number of fused-ring (bicyclic) bond motifs is 12. The van der Waals surface area contributed by atoms with E-state index in [2.05, 4.69) is 169 Å². The first-order chi connectivity index (χ1) is 26.2. The zero-order valence-corrected chi connectivity index (χ0v) is 29.0. The van der Waals surface area contributed by atoms with Gasteiger partial charge in [0.1, 0.15) is 11.2 Å². The molecule has 0 bridgehead atoms. The molecule has 0 spiro atoms. The van der Waals surface area contributed by atoms with Crippen LogP contribution in [-0.4, -0.2) is 4.57 Å². The second kappa shape index (κ2) is 11.6. The predicted octanol–water partition coefficient (Wildman–Crippen LogP) is 14.2. The van der Waals surface area contributed by atoms with E-state index in [-0.39, 0.29) is 0 Å². The number of para-hydroxylation sites is 1. The molecule has 0 amide bonds. The summed E-state index contributed by atoms with van der Waals surface area (Å²) in [5.74, 6) is 0. The lowest BCUT2D eigenvalue weighted by Crippen LogP contribution is -1.95. The molecule has 0 aliphatic heterocycles. The van der Waals surface area contributed by atoms with E-state index in [9.17, 15) is 0 Å². The van der Waals surface area contributed by atoms with Gasteiger partial charge in [0, 0.05) is 27.2 Å². The SMILES string of the molecule is C=CCc1ccc2c(c1)c1ccc(-c3ccc4oc5ccccc5c4c3)cc1n2-c1cccc(-c2ccc3c4ccccc4c4ccccc4c3c2)c1. The lowest BCUT2D eigenvalue weighted by molar-refractivity contribution is 0.669. The van der Waals surface area contributed by atoms with Crippen LogP contribution < -0.4 is 0 Å². The third-order valence-corrected chi connectivity index (χ3v) is 11.1. The molecule has 0 unspecified atom stereocenters. The van der Waals surface area contributed by atoms with E-state index < -0.39 is 0 Å². The lowest BCUT2D eigenvalue weighted by Gasteiger charge is -2.14. The molecule has 2 nitrogen and oxygen atoms in total. The molecule has 11 rings (SSSR count). The molecular formula is C51H33NO. The quantitative estimate of drug-likeness (QED) is 0.131. The van der Waals surface area contributed by atoms with Crippen LogP contribution in [0.5, 0.6) is 0 Å². The molecule has 11 aromatic rings. The van der Waals surface area contributed by atoms with Crippen LogP contribution in [0.2, 0.25) is 0 Å². The van der Waals surface area contributed by atoms with Crippen molar-refractivity contribution in [2.45, 2.75) is 6.42 Å². The van der Waals surface area contributed by atoms with Crippen LogP contribution in [0, 0.1) is 0 Å². The maximum Gasteiger partial charge on any atom is 0.135 e. The minimum Gasteiger partial charge on any atom is -0.456 e. The molecule has 2 aromatic heterocycles. The Balaban J connectivity index is 1.11. The third-order valence-electron chi connectivity index (χ3n) is 11.1. The molecule has 2 heterocycles. The summed E-state index contributed by atoms with van der Waals surface area (Å²) >= 11 is 0.